The summed E-state index contributed by atoms with van der Waals surface area (Å²) in [7, 11) is 1.65. The summed E-state index contributed by atoms with van der Waals surface area (Å²) in [5, 5.41) is 23.4. The highest BCUT2D eigenvalue weighted by atomic mass is 16.5. The van der Waals surface area contributed by atoms with Crippen LogP contribution in [0.5, 0.6) is 11.5 Å². The second kappa shape index (κ2) is 11.2. The maximum atomic E-state index is 10.4. The average molecular weight is 401 g/mol. The summed E-state index contributed by atoms with van der Waals surface area (Å²) in [5.74, 6) is 1.53. The fourth-order valence-corrected chi connectivity index (χ4v) is 3.54. The smallest absolute Gasteiger partial charge is 0.124 e. The standard InChI is InChI=1S/C23H32N2O4/c1-28-22-7-8-23(19(13-22)15-24-14-18-5-3-2-4-6-18)29-17-21(27)16-25-11-9-20(26)10-12-25/h2-8,13,20-21,24,26-27H,9-12,14-17H2,1H3. The Morgan fingerprint density at radius 2 is 1.86 bits per heavy atom. The number of methoxy groups -OCH3 is 1. The van der Waals surface area contributed by atoms with E-state index in [9.17, 15) is 10.2 Å². The molecular formula is C23H32N2O4. The van der Waals surface area contributed by atoms with Gasteiger partial charge in [-0.05, 0) is 36.6 Å². The molecule has 1 fully saturated rings. The molecule has 1 atom stereocenters. The minimum atomic E-state index is -0.572. The van der Waals surface area contributed by atoms with Crippen LogP contribution in [-0.4, -0.2) is 60.7 Å². The van der Waals surface area contributed by atoms with Gasteiger partial charge in [0.2, 0.25) is 0 Å². The molecule has 1 unspecified atom stereocenters. The lowest BCUT2D eigenvalue weighted by Gasteiger charge is -2.31. The minimum Gasteiger partial charge on any atom is -0.497 e. The van der Waals surface area contributed by atoms with Crippen molar-refractivity contribution in [2.75, 3.05) is 33.4 Å². The van der Waals surface area contributed by atoms with Gasteiger partial charge in [-0.15, -0.1) is 0 Å². The van der Waals surface area contributed by atoms with E-state index in [1.807, 2.05) is 36.4 Å². The third kappa shape index (κ3) is 7.01. The molecule has 3 rings (SSSR count). The van der Waals surface area contributed by atoms with E-state index in [1.165, 1.54) is 5.56 Å². The van der Waals surface area contributed by atoms with Crippen molar-refractivity contribution in [3.8, 4) is 11.5 Å². The number of likely N-dealkylation sites (tertiary alicyclic amines) is 1. The molecule has 1 aliphatic rings. The minimum absolute atomic E-state index is 0.204. The van der Waals surface area contributed by atoms with Crippen LogP contribution in [0.25, 0.3) is 0 Å². The Hall–Kier alpha value is -2.12. The number of rotatable bonds is 10. The molecule has 158 valence electrons. The van der Waals surface area contributed by atoms with E-state index >= 15 is 0 Å². The molecule has 0 saturated carbocycles. The maximum absolute atomic E-state index is 10.4. The van der Waals surface area contributed by atoms with Crippen LogP contribution >= 0.6 is 0 Å². The maximum Gasteiger partial charge on any atom is 0.124 e. The van der Waals surface area contributed by atoms with Crippen molar-refractivity contribution >= 4 is 0 Å². The van der Waals surface area contributed by atoms with Gasteiger partial charge < -0.3 is 29.9 Å². The molecule has 6 nitrogen and oxygen atoms in total. The van der Waals surface area contributed by atoms with Crippen LogP contribution in [0.4, 0.5) is 0 Å². The van der Waals surface area contributed by atoms with Crippen LogP contribution in [0, 0.1) is 0 Å². The van der Waals surface area contributed by atoms with E-state index in [1.54, 1.807) is 7.11 Å². The first-order valence-electron chi connectivity index (χ1n) is 10.3. The number of β-amino-alcohol motifs (C(OH)–C–C–N with tert-alkyl or cyclic N) is 1. The first-order valence-corrected chi connectivity index (χ1v) is 10.3. The number of nitrogens with one attached hydrogen (secondary N) is 1. The van der Waals surface area contributed by atoms with Gasteiger partial charge in [-0.1, -0.05) is 30.3 Å². The fraction of sp³-hybridized carbons (Fsp3) is 0.478. The SMILES string of the molecule is COc1ccc(OCC(O)CN2CCC(O)CC2)c(CNCc2ccccc2)c1. The van der Waals surface area contributed by atoms with Crippen molar-refractivity contribution in [2.45, 2.75) is 38.1 Å². The number of hydrogen-bond acceptors (Lipinski definition) is 6. The lowest BCUT2D eigenvalue weighted by molar-refractivity contribution is 0.0336. The zero-order chi connectivity index (χ0) is 20.5. The van der Waals surface area contributed by atoms with E-state index in [0.717, 1.165) is 49.5 Å². The van der Waals surface area contributed by atoms with Crippen molar-refractivity contribution in [3.63, 3.8) is 0 Å². The van der Waals surface area contributed by atoms with E-state index < -0.39 is 6.10 Å². The summed E-state index contributed by atoms with van der Waals surface area (Å²) in [5.41, 5.74) is 2.22. The van der Waals surface area contributed by atoms with Crippen LogP contribution in [0.2, 0.25) is 0 Å². The zero-order valence-electron chi connectivity index (χ0n) is 17.1. The Bertz CT molecular complexity index is 733. The quantitative estimate of drug-likeness (QED) is 0.568. The van der Waals surface area contributed by atoms with Crippen LogP contribution in [0.1, 0.15) is 24.0 Å². The highest BCUT2D eigenvalue weighted by molar-refractivity contribution is 5.40. The number of aliphatic hydroxyl groups excluding tert-OH is 2. The predicted molar refractivity (Wildman–Crippen MR) is 113 cm³/mol. The van der Waals surface area contributed by atoms with Gasteiger partial charge in [-0.2, -0.15) is 0 Å². The van der Waals surface area contributed by atoms with Gasteiger partial charge >= 0.3 is 0 Å². The molecule has 0 spiro atoms. The highest BCUT2D eigenvalue weighted by Gasteiger charge is 2.19. The van der Waals surface area contributed by atoms with Crippen LogP contribution in [-0.2, 0) is 13.1 Å². The molecule has 2 aromatic rings. The lowest BCUT2D eigenvalue weighted by atomic mass is 10.1. The predicted octanol–water partition coefficient (Wildman–Crippen LogP) is 2.18. The van der Waals surface area contributed by atoms with E-state index in [0.29, 0.717) is 13.1 Å². The summed E-state index contributed by atoms with van der Waals surface area (Å²) in [6.45, 7) is 3.83. The van der Waals surface area contributed by atoms with Crippen molar-refractivity contribution in [1.29, 1.82) is 0 Å². The molecule has 1 heterocycles. The molecule has 0 aromatic heterocycles. The topological polar surface area (TPSA) is 74.2 Å². The molecule has 6 heteroatoms. The van der Waals surface area contributed by atoms with Crippen LogP contribution in [0.3, 0.4) is 0 Å². The Balaban J connectivity index is 1.52. The Morgan fingerprint density at radius 1 is 1.10 bits per heavy atom. The van der Waals surface area contributed by atoms with Gasteiger partial charge in [-0.25, -0.2) is 0 Å². The number of hydrogen-bond donors (Lipinski definition) is 3. The van der Waals surface area contributed by atoms with Crippen molar-refractivity contribution in [2.24, 2.45) is 0 Å². The zero-order valence-corrected chi connectivity index (χ0v) is 17.1. The van der Waals surface area contributed by atoms with Crippen LogP contribution < -0.4 is 14.8 Å². The fourth-order valence-electron chi connectivity index (χ4n) is 3.54. The van der Waals surface area contributed by atoms with Crippen molar-refractivity contribution in [1.82, 2.24) is 10.2 Å². The van der Waals surface area contributed by atoms with Crippen molar-refractivity contribution in [3.05, 3.63) is 59.7 Å². The van der Waals surface area contributed by atoms with E-state index in [-0.39, 0.29) is 12.7 Å². The molecule has 3 N–H and O–H groups in total. The molecule has 0 amide bonds. The summed E-state index contributed by atoms with van der Waals surface area (Å²) >= 11 is 0. The number of piperidine rings is 1. The number of benzene rings is 2. The van der Waals surface area contributed by atoms with Crippen LogP contribution in [0.15, 0.2) is 48.5 Å². The summed E-state index contributed by atoms with van der Waals surface area (Å²) in [6.07, 6.45) is 0.759. The first kappa shape index (κ1) is 21.6. The van der Waals surface area contributed by atoms with E-state index in [4.69, 9.17) is 9.47 Å². The molecule has 0 radical (unpaired) electrons. The van der Waals surface area contributed by atoms with Gasteiger partial charge in [0.05, 0.1) is 13.2 Å². The second-order valence-corrected chi connectivity index (χ2v) is 7.56. The molecular weight excluding hydrogens is 368 g/mol. The summed E-state index contributed by atoms with van der Waals surface area (Å²) < 4.78 is 11.3. The van der Waals surface area contributed by atoms with E-state index in [2.05, 4.69) is 22.3 Å². The average Bonchev–Trinajstić information content (AvgIpc) is 2.75. The normalized spacial score (nSPS) is 16.5. The van der Waals surface area contributed by atoms with Gasteiger partial charge in [0.1, 0.15) is 24.2 Å². The Morgan fingerprint density at radius 3 is 2.59 bits per heavy atom. The molecule has 1 saturated heterocycles. The Kier molecular flexibility index (Phi) is 8.31. The Labute approximate surface area is 173 Å². The third-order valence-electron chi connectivity index (χ3n) is 5.21. The molecule has 2 aromatic carbocycles. The lowest BCUT2D eigenvalue weighted by Crippen LogP contribution is -2.41. The molecule has 29 heavy (non-hydrogen) atoms. The number of nitrogens with zero attached hydrogens (tertiary/aromatic N) is 1. The summed E-state index contributed by atoms with van der Waals surface area (Å²) in [6, 6.07) is 16.0. The first-order chi connectivity index (χ1) is 14.1. The highest BCUT2D eigenvalue weighted by Crippen LogP contribution is 2.24. The molecule has 0 aliphatic carbocycles. The monoisotopic (exact) mass is 400 g/mol. The summed E-state index contributed by atoms with van der Waals surface area (Å²) in [4.78, 5) is 2.18. The molecule has 1 aliphatic heterocycles. The second-order valence-electron chi connectivity index (χ2n) is 7.56. The largest absolute Gasteiger partial charge is 0.497 e. The third-order valence-corrected chi connectivity index (χ3v) is 5.21. The van der Waals surface area contributed by atoms with Gasteiger partial charge in [0.15, 0.2) is 0 Å². The molecule has 0 bridgehead atoms. The van der Waals surface area contributed by atoms with Gasteiger partial charge in [0.25, 0.3) is 0 Å². The van der Waals surface area contributed by atoms with Gasteiger partial charge in [-0.3, -0.25) is 0 Å². The van der Waals surface area contributed by atoms with Crippen molar-refractivity contribution < 1.29 is 19.7 Å². The van der Waals surface area contributed by atoms with Gasteiger partial charge in [0, 0.05) is 38.3 Å². The number of aliphatic hydroxyl groups is 2. The number of ether oxygens (including phenoxy) is 2.